The van der Waals surface area contributed by atoms with Crippen molar-refractivity contribution in [3.05, 3.63) is 63.9 Å². The third-order valence-electron chi connectivity index (χ3n) is 4.05. The van der Waals surface area contributed by atoms with E-state index in [2.05, 4.69) is 31.1 Å². The van der Waals surface area contributed by atoms with Gasteiger partial charge in [0.05, 0.1) is 12.1 Å². The van der Waals surface area contributed by atoms with Crippen molar-refractivity contribution in [1.82, 2.24) is 14.9 Å². The highest BCUT2D eigenvalue weighted by atomic mass is 16.3. The standard InChI is InChI=1S/C19H21N3O3/c1-19(2,3)13-6-7-15-14(9-13)21-16(25-15)10-20-18(24)12-5-8-17(23)22(4)11-12/h5-9,11H,10H2,1-4H3,(H,20,24). The Hall–Kier alpha value is -2.89. The molecule has 130 valence electrons. The van der Waals surface area contributed by atoms with E-state index in [1.807, 2.05) is 18.2 Å². The highest BCUT2D eigenvalue weighted by Gasteiger charge is 2.16. The Balaban J connectivity index is 1.75. The summed E-state index contributed by atoms with van der Waals surface area (Å²) in [6.07, 6.45) is 1.50. The Morgan fingerprint density at radius 2 is 2.00 bits per heavy atom. The molecule has 0 radical (unpaired) electrons. The van der Waals surface area contributed by atoms with Gasteiger partial charge in [0.15, 0.2) is 5.58 Å². The topological polar surface area (TPSA) is 77.1 Å². The first-order valence-corrected chi connectivity index (χ1v) is 8.09. The van der Waals surface area contributed by atoms with Gasteiger partial charge in [0.1, 0.15) is 5.52 Å². The van der Waals surface area contributed by atoms with Gasteiger partial charge in [0.25, 0.3) is 5.91 Å². The van der Waals surface area contributed by atoms with Gasteiger partial charge in [-0.1, -0.05) is 26.8 Å². The summed E-state index contributed by atoms with van der Waals surface area (Å²) in [6.45, 7) is 6.61. The SMILES string of the molecule is Cn1cc(C(=O)NCc2nc3cc(C(C)(C)C)ccc3o2)ccc1=O. The van der Waals surface area contributed by atoms with E-state index in [1.54, 1.807) is 7.05 Å². The maximum Gasteiger partial charge on any atom is 0.253 e. The van der Waals surface area contributed by atoms with Gasteiger partial charge in [-0.15, -0.1) is 0 Å². The lowest BCUT2D eigenvalue weighted by Crippen LogP contribution is -2.25. The molecular formula is C19H21N3O3. The summed E-state index contributed by atoms with van der Waals surface area (Å²) >= 11 is 0. The van der Waals surface area contributed by atoms with E-state index in [0.717, 1.165) is 5.52 Å². The quantitative estimate of drug-likeness (QED) is 0.796. The van der Waals surface area contributed by atoms with E-state index in [-0.39, 0.29) is 23.4 Å². The predicted octanol–water partition coefficient (Wildman–Crippen LogP) is 2.75. The van der Waals surface area contributed by atoms with Crippen molar-refractivity contribution >= 4 is 17.0 Å². The molecule has 0 saturated heterocycles. The molecule has 2 aromatic heterocycles. The van der Waals surface area contributed by atoms with Gasteiger partial charge in [-0.3, -0.25) is 9.59 Å². The summed E-state index contributed by atoms with van der Waals surface area (Å²) in [6, 6.07) is 8.81. The maximum absolute atomic E-state index is 12.2. The van der Waals surface area contributed by atoms with Crippen molar-refractivity contribution in [2.24, 2.45) is 7.05 Å². The molecule has 2 heterocycles. The molecule has 3 rings (SSSR count). The second-order valence-electron chi connectivity index (χ2n) is 7.09. The van der Waals surface area contributed by atoms with E-state index in [0.29, 0.717) is 17.0 Å². The van der Waals surface area contributed by atoms with Gasteiger partial charge < -0.3 is 14.3 Å². The number of amides is 1. The Morgan fingerprint density at radius 3 is 2.68 bits per heavy atom. The van der Waals surface area contributed by atoms with Gasteiger partial charge in [0, 0.05) is 19.3 Å². The second kappa shape index (κ2) is 6.20. The fraction of sp³-hybridized carbons (Fsp3) is 0.316. The van der Waals surface area contributed by atoms with Crippen LogP contribution in [0.2, 0.25) is 0 Å². The lowest BCUT2D eigenvalue weighted by atomic mass is 9.87. The summed E-state index contributed by atoms with van der Waals surface area (Å²) in [5.74, 6) is 0.160. The number of rotatable bonds is 3. The van der Waals surface area contributed by atoms with Gasteiger partial charge in [0.2, 0.25) is 11.4 Å². The number of hydrogen-bond acceptors (Lipinski definition) is 4. The molecule has 0 bridgehead atoms. The van der Waals surface area contributed by atoms with Crippen molar-refractivity contribution in [3.8, 4) is 0 Å². The van der Waals surface area contributed by atoms with Crippen LogP contribution < -0.4 is 10.9 Å². The number of nitrogens with zero attached hydrogens (tertiary/aromatic N) is 2. The molecule has 6 nitrogen and oxygen atoms in total. The van der Waals surface area contributed by atoms with E-state index in [1.165, 1.54) is 28.5 Å². The van der Waals surface area contributed by atoms with Crippen molar-refractivity contribution in [2.45, 2.75) is 32.7 Å². The zero-order valence-corrected chi connectivity index (χ0v) is 14.8. The van der Waals surface area contributed by atoms with Gasteiger partial charge in [-0.2, -0.15) is 0 Å². The van der Waals surface area contributed by atoms with Gasteiger partial charge >= 0.3 is 0 Å². The molecule has 0 fully saturated rings. The van der Waals surface area contributed by atoms with Crippen LogP contribution in [-0.2, 0) is 19.0 Å². The molecular weight excluding hydrogens is 318 g/mol. The molecule has 1 N–H and O–H groups in total. The second-order valence-corrected chi connectivity index (χ2v) is 7.09. The molecule has 1 aromatic carbocycles. The Bertz CT molecular complexity index is 993. The van der Waals surface area contributed by atoms with E-state index < -0.39 is 0 Å². The monoisotopic (exact) mass is 339 g/mol. The first kappa shape index (κ1) is 17.0. The fourth-order valence-electron chi connectivity index (χ4n) is 2.50. The van der Waals surface area contributed by atoms with Crippen molar-refractivity contribution < 1.29 is 9.21 Å². The normalized spacial score (nSPS) is 11.7. The zero-order chi connectivity index (χ0) is 18.2. The predicted molar refractivity (Wildman–Crippen MR) is 95.6 cm³/mol. The molecule has 0 aliphatic carbocycles. The molecule has 25 heavy (non-hydrogen) atoms. The highest BCUT2D eigenvalue weighted by molar-refractivity contribution is 5.93. The minimum Gasteiger partial charge on any atom is -0.439 e. The van der Waals surface area contributed by atoms with E-state index >= 15 is 0 Å². The van der Waals surface area contributed by atoms with Crippen LogP contribution in [0.1, 0.15) is 42.6 Å². The molecule has 0 aliphatic rings. The number of oxazole rings is 1. The summed E-state index contributed by atoms with van der Waals surface area (Å²) < 4.78 is 7.05. The lowest BCUT2D eigenvalue weighted by Gasteiger charge is -2.18. The van der Waals surface area contributed by atoms with Crippen LogP contribution in [0.15, 0.2) is 45.7 Å². The minimum absolute atomic E-state index is 0.0325. The smallest absolute Gasteiger partial charge is 0.253 e. The first-order chi connectivity index (χ1) is 11.7. The van der Waals surface area contributed by atoms with Crippen molar-refractivity contribution in [2.75, 3.05) is 0 Å². The van der Waals surface area contributed by atoms with Gasteiger partial charge in [-0.05, 0) is 29.2 Å². The average Bonchev–Trinajstić information content (AvgIpc) is 2.96. The molecule has 0 saturated carbocycles. The number of fused-ring (bicyclic) bond motifs is 1. The minimum atomic E-state index is -0.284. The highest BCUT2D eigenvalue weighted by Crippen LogP contribution is 2.26. The number of carbonyl (C=O) groups is 1. The first-order valence-electron chi connectivity index (χ1n) is 8.09. The van der Waals surface area contributed by atoms with E-state index in [9.17, 15) is 9.59 Å². The van der Waals surface area contributed by atoms with Crippen LogP contribution in [0.25, 0.3) is 11.1 Å². The number of aromatic nitrogens is 2. The number of aryl methyl sites for hydroxylation is 1. The Kier molecular flexibility index (Phi) is 4.20. The zero-order valence-electron chi connectivity index (χ0n) is 14.8. The summed E-state index contributed by atoms with van der Waals surface area (Å²) in [5, 5.41) is 2.76. The van der Waals surface area contributed by atoms with Crippen LogP contribution >= 0.6 is 0 Å². The maximum atomic E-state index is 12.2. The number of benzene rings is 1. The van der Waals surface area contributed by atoms with Crippen LogP contribution in [-0.4, -0.2) is 15.5 Å². The number of hydrogen-bond donors (Lipinski definition) is 1. The van der Waals surface area contributed by atoms with Crippen LogP contribution in [0.5, 0.6) is 0 Å². The van der Waals surface area contributed by atoms with Gasteiger partial charge in [-0.25, -0.2) is 4.98 Å². The van der Waals surface area contributed by atoms with Crippen molar-refractivity contribution in [1.29, 1.82) is 0 Å². The van der Waals surface area contributed by atoms with E-state index in [4.69, 9.17) is 4.42 Å². The Morgan fingerprint density at radius 1 is 1.24 bits per heavy atom. The lowest BCUT2D eigenvalue weighted by molar-refractivity contribution is 0.0946. The van der Waals surface area contributed by atoms with Crippen molar-refractivity contribution in [3.63, 3.8) is 0 Å². The molecule has 0 atom stereocenters. The number of nitrogens with one attached hydrogen (secondary N) is 1. The molecule has 0 spiro atoms. The summed E-state index contributed by atoms with van der Waals surface area (Å²) in [5.41, 5.74) is 2.93. The summed E-state index contributed by atoms with van der Waals surface area (Å²) in [7, 11) is 1.60. The molecule has 0 aliphatic heterocycles. The number of carbonyl (C=O) groups excluding carboxylic acids is 1. The third kappa shape index (κ3) is 3.63. The molecule has 1 amide bonds. The van der Waals surface area contributed by atoms with Crippen LogP contribution in [0, 0.1) is 0 Å². The molecule has 6 heteroatoms. The summed E-state index contributed by atoms with van der Waals surface area (Å²) in [4.78, 5) is 28.0. The molecule has 0 unspecified atom stereocenters. The van der Waals surface area contributed by atoms with Crippen LogP contribution in [0.3, 0.4) is 0 Å². The average molecular weight is 339 g/mol. The largest absolute Gasteiger partial charge is 0.439 e. The number of pyridine rings is 1. The molecule has 3 aromatic rings. The third-order valence-corrected chi connectivity index (χ3v) is 4.05. The van der Waals surface area contributed by atoms with Crippen LogP contribution in [0.4, 0.5) is 0 Å². The fourth-order valence-corrected chi connectivity index (χ4v) is 2.50. The Labute approximate surface area is 145 Å².